The second-order valence-electron chi connectivity index (χ2n) is 5.41. The van der Waals surface area contributed by atoms with Crippen molar-refractivity contribution in [2.75, 3.05) is 6.26 Å². The molecule has 0 saturated carbocycles. The first-order valence-corrected chi connectivity index (χ1v) is 11.7. The molecule has 1 aliphatic rings. The highest BCUT2D eigenvalue weighted by Crippen LogP contribution is 2.39. The Balaban J connectivity index is 2.35. The van der Waals surface area contributed by atoms with Crippen LogP contribution < -0.4 is 10.4 Å². The monoisotopic (exact) mass is 396 g/mol. The zero-order chi connectivity index (χ0) is 17.2. The minimum Gasteiger partial charge on any atom is -0.122 e. The van der Waals surface area contributed by atoms with Gasteiger partial charge in [0.15, 0.2) is 0 Å². The van der Waals surface area contributed by atoms with Gasteiger partial charge in [0.2, 0.25) is 0 Å². The maximum absolute atomic E-state index is 3.92. The van der Waals surface area contributed by atoms with Gasteiger partial charge in [-0.3, -0.25) is 0 Å². The molecule has 25 heavy (non-hydrogen) atoms. The van der Waals surface area contributed by atoms with Crippen molar-refractivity contribution in [2.45, 2.75) is 0 Å². The summed E-state index contributed by atoms with van der Waals surface area (Å²) >= 11 is 7.15. The van der Waals surface area contributed by atoms with Crippen LogP contribution in [0.2, 0.25) is 0 Å². The molecule has 4 rings (SSSR count). The minimum absolute atomic E-state index is 1.30. The van der Waals surface area contributed by atoms with Gasteiger partial charge in [0.1, 0.15) is 0 Å². The molecule has 0 atom stereocenters. The van der Waals surface area contributed by atoms with E-state index in [1.54, 1.807) is 23.5 Å². The van der Waals surface area contributed by atoms with Crippen molar-refractivity contribution < 1.29 is 0 Å². The van der Waals surface area contributed by atoms with Gasteiger partial charge in [0.25, 0.3) is 0 Å². The predicted molar refractivity (Wildman–Crippen MR) is 123 cm³/mol. The average molecular weight is 397 g/mol. The van der Waals surface area contributed by atoms with E-state index in [-0.39, 0.29) is 0 Å². The standard InChI is InChI=1S/C21H16S4/c1-3-23-20(22-2)18-14-8-4-6-10-16(14)19(21-24-12-13-25-21)17-11-7-5-9-15(17)18/h3-13H,1H2,2H3. The normalized spacial score (nSPS) is 13.7. The lowest BCUT2D eigenvalue weighted by atomic mass is 9.99. The average Bonchev–Trinajstić information content (AvgIpc) is 3.18. The van der Waals surface area contributed by atoms with Crippen LogP contribution in [0.3, 0.4) is 0 Å². The SMILES string of the molecule is C=CSC(SC)=c1c2ccccc2c(=C2SC=CS2)c2ccccc12. The Hall–Kier alpha value is -1.20. The lowest BCUT2D eigenvalue weighted by Gasteiger charge is -2.11. The topological polar surface area (TPSA) is 0 Å². The van der Waals surface area contributed by atoms with Gasteiger partial charge in [-0.15, -0.1) is 11.8 Å². The summed E-state index contributed by atoms with van der Waals surface area (Å²) in [6.45, 7) is 3.92. The maximum Gasteiger partial charge on any atom is 0.0571 e. The van der Waals surface area contributed by atoms with E-state index in [2.05, 4.69) is 72.2 Å². The molecule has 4 heteroatoms. The van der Waals surface area contributed by atoms with E-state index in [0.29, 0.717) is 0 Å². The molecule has 0 spiro atoms. The van der Waals surface area contributed by atoms with Crippen molar-refractivity contribution in [3.05, 3.63) is 81.8 Å². The number of hydrogen-bond acceptors (Lipinski definition) is 4. The number of fused-ring (bicyclic) bond motifs is 2. The summed E-state index contributed by atoms with van der Waals surface area (Å²) in [5.74, 6) is 0. The molecule has 0 nitrogen and oxygen atoms in total. The molecule has 0 fully saturated rings. The Morgan fingerprint density at radius 3 is 1.88 bits per heavy atom. The molecule has 124 valence electrons. The van der Waals surface area contributed by atoms with Crippen molar-refractivity contribution in [1.29, 1.82) is 0 Å². The Labute approximate surface area is 164 Å². The highest BCUT2D eigenvalue weighted by Gasteiger charge is 2.13. The number of thioether (sulfide) groups is 4. The third kappa shape index (κ3) is 3.06. The van der Waals surface area contributed by atoms with E-state index >= 15 is 0 Å². The fourth-order valence-electron chi connectivity index (χ4n) is 3.18. The summed E-state index contributed by atoms with van der Waals surface area (Å²) in [7, 11) is 0. The third-order valence-electron chi connectivity index (χ3n) is 4.12. The van der Waals surface area contributed by atoms with Crippen LogP contribution in [0.25, 0.3) is 30.0 Å². The van der Waals surface area contributed by atoms with E-state index in [1.807, 2.05) is 28.9 Å². The first kappa shape index (κ1) is 17.2. The van der Waals surface area contributed by atoms with Gasteiger partial charge in [-0.2, -0.15) is 0 Å². The second-order valence-corrected chi connectivity index (χ2v) is 9.56. The second kappa shape index (κ2) is 7.58. The number of benzene rings is 3. The van der Waals surface area contributed by atoms with Gasteiger partial charge in [-0.25, -0.2) is 0 Å². The van der Waals surface area contributed by atoms with E-state index in [4.69, 9.17) is 0 Å². The lowest BCUT2D eigenvalue weighted by Crippen LogP contribution is -2.16. The molecule has 0 aromatic heterocycles. The first-order chi connectivity index (χ1) is 12.3. The van der Waals surface area contributed by atoms with Crippen molar-refractivity contribution in [1.82, 2.24) is 0 Å². The van der Waals surface area contributed by atoms with Crippen molar-refractivity contribution >= 4 is 77.1 Å². The van der Waals surface area contributed by atoms with Crippen LogP contribution >= 0.6 is 47.0 Å². The molecular formula is C21H16S4. The van der Waals surface area contributed by atoms with Crippen molar-refractivity contribution in [2.24, 2.45) is 0 Å². The van der Waals surface area contributed by atoms with Crippen LogP contribution in [0.5, 0.6) is 0 Å². The third-order valence-corrected chi connectivity index (χ3v) is 8.20. The molecule has 1 aliphatic heterocycles. The fraction of sp³-hybridized carbons (Fsp3) is 0.0476. The molecule has 0 amide bonds. The van der Waals surface area contributed by atoms with Crippen LogP contribution in [-0.2, 0) is 0 Å². The number of hydrogen-bond donors (Lipinski definition) is 0. The molecule has 0 unspecified atom stereocenters. The molecule has 0 radical (unpaired) electrons. The zero-order valence-electron chi connectivity index (χ0n) is 13.7. The summed E-state index contributed by atoms with van der Waals surface area (Å²) in [6, 6.07) is 17.6. The van der Waals surface area contributed by atoms with E-state index in [9.17, 15) is 0 Å². The van der Waals surface area contributed by atoms with Gasteiger partial charge in [-0.05, 0) is 44.0 Å². The molecule has 0 N–H and O–H groups in total. The van der Waals surface area contributed by atoms with Crippen LogP contribution in [0.15, 0.2) is 71.3 Å². The van der Waals surface area contributed by atoms with E-state index < -0.39 is 0 Å². The smallest absolute Gasteiger partial charge is 0.0571 e. The quantitative estimate of drug-likeness (QED) is 0.475. The maximum atomic E-state index is 3.92. The fourth-order valence-corrected chi connectivity index (χ4v) is 6.60. The first-order valence-electron chi connectivity index (χ1n) is 7.83. The summed E-state index contributed by atoms with van der Waals surface area (Å²) in [5, 5.41) is 14.2. The van der Waals surface area contributed by atoms with Gasteiger partial charge in [-0.1, -0.05) is 90.4 Å². The van der Waals surface area contributed by atoms with Crippen molar-refractivity contribution in [3.63, 3.8) is 0 Å². The Morgan fingerprint density at radius 2 is 1.40 bits per heavy atom. The van der Waals surface area contributed by atoms with Crippen LogP contribution in [0.4, 0.5) is 0 Å². The van der Waals surface area contributed by atoms with Gasteiger partial charge in [0, 0.05) is 10.4 Å². The zero-order valence-corrected chi connectivity index (χ0v) is 17.0. The molecule has 0 saturated heterocycles. The minimum atomic E-state index is 1.30. The highest BCUT2D eigenvalue weighted by atomic mass is 32.2. The summed E-state index contributed by atoms with van der Waals surface area (Å²) in [6.07, 6.45) is 2.14. The van der Waals surface area contributed by atoms with E-state index in [1.165, 1.54) is 40.5 Å². The Bertz CT molecular complexity index is 1050. The molecular weight excluding hydrogens is 380 g/mol. The summed E-state index contributed by atoms with van der Waals surface area (Å²) in [5.41, 5.74) is 0. The molecule has 1 heterocycles. The van der Waals surface area contributed by atoms with Crippen LogP contribution in [0.1, 0.15) is 0 Å². The largest absolute Gasteiger partial charge is 0.122 e. The van der Waals surface area contributed by atoms with Crippen LogP contribution in [0, 0.1) is 0 Å². The van der Waals surface area contributed by atoms with E-state index in [0.717, 1.165) is 0 Å². The Kier molecular flexibility index (Phi) is 5.23. The molecule has 0 bridgehead atoms. The lowest BCUT2D eigenvalue weighted by molar-refractivity contribution is 1.69. The summed E-state index contributed by atoms with van der Waals surface area (Å²) in [4.78, 5) is 0. The number of rotatable bonds is 3. The van der Waals surface area contributed by atoms with Gasteiger partial charge < -0.3 is 0 Å². The summed E-state index contributed by atoms with van der Waals surface area (Å²) < 4.78 is 2.66. The van der Waals surface area contributed by atoms with Gasteiger partial charge >= 0.3 is 0 Å². The van der Waals surface area contributed by atoms with Crippen LogP contribution in [-0.4, -0.2) is 6.26 Å². The van der Waals surface area contributed by atoms with Gasteiger partial charge in [0.05, 0.1) is 8.47 Å². The molecule has 3 aromatic rings. The Morgan fingerprint density at radius 1 is 0.880 bits per heavy atom. The highest BCUT2D eigenvalue weighted by molar-refractivity contribution is 8.34. The predicted octanol–water partition coefficient (Wildman–Crippen LogP) is 6.32. The molecule has 0 aliphatic carbocycles. The molecule has 3 aromatic carbocycles. The van der Waals surface area contributed by atoms with Crippen molar-refractivity contribution in [3.8, 4) is 0 Å².